The number of aliphatic hydroxyl groups is 3. The summed E-state index contributed by atoms with van der Waals surface area (Å²) < 4.78 is 0. The van der Waals surface area contributed by atoms with Crippen LogP contribution in [-0.4, -0.2) is 62.2 Å². The minimum atomic E-state index is -1.29. The molecule has 0 radical (unpaired) electrons. The number of amides is 1. The molecule has 9 nitrogen and oxygen atoms in total. The Labute approximate surface area is 207 Å². The van der Waals surface area contributed by atoms with Crippen molar-refractivity contribution < 1.29 is 30.0 Å². The Balaban J connectivity index is 1.49. The molecule has 9 heteroatoms. The van der Waals surface area contributed by atoms with E-state index in [0.29, 0.717) is 24.3 Å². The summed E-state index contributed by atoms with van der Waals surface area (Å²) in [5.41, 5.74) is -0.345. The van der Waals surface area contributed by atoms with Gasteiger partial charge in [-0.1, -0.05) is 20.8 Å². The van der Waals surface area contributed by atoms with Crippen LogP contribution in [0, 0.1) is 51.2 Å². The molecule has 0 saturated heterocycles. The molecule has 1 amide bonds. The molecule has 0 heterocycles. The third-order valence-corrected chi connectivity index (χ3v) is 11.0. The number of carboxylic acids is 1. The van der Waals surface area contributed by atoms with Gasteiger partial charge in [-0.3, -0.25) is 9.59 Å². The number of fused-ring (bicyclic) bond motifs is 5. The van der Waals surface area contributed by atoms with Crippen LogP contribution in [0.2, 0.25) is 0 Å². The lowest BCUT2D eigenvalue weighted by Crippen LogP contribution is -2.62. The molecule has 9 unspecified atom stereocenters. The van der Waals surface area contributed by atoms with E-state index in [9.17, 15) is 29.8 Å². The molecule has 4 aliphatic carbocycles. The molecule has 198 valence electrons. The Morgan fingerprint density at radius 1 is 1.06 bits per heavy atom. The minimum Gasteiger partial charge on any atom is -0.480 e. The number of carboxylic acid groups (broad SMARTS) is 1. The van der Waals surface area contributed by atoms with Crippen molar-refractivity contribution in [3.8, 4) is 0 Å². The molecule has 0 aromatic rings. The summed E-state index contributed by atoms with van der Waals surface area (Å²) in [4.78, 5) is 34.1. The van der Waals surface area contributed by atoms with Gasteiger partial charge in [-0.25, -0.2) is 0 Å². The first-order valence-electron chi connectivity index (χ1n) is 13.3. The van der Waals surface area contributed by atoms with Gasteiger partial charge in [-0.05, 0) is 97.7 Å². The van der Waals surface area contributed by atoms with E-state index in [1.165, 1.54) is 0 Å². The van der Waals surface area contributed by atoms with Crippen molar-refractivity contribution in [2.24, 2.45) is 51.6 Å². The minimum absolute atomic E-state index is 0.0248. The van der Waals surface area contributed by atoms with Gasteiger partial charge < -0.3 is 20.4 Å². The first-order valence-corrected chi connectivity index (χ1v) is 13.3. The third kappa shape index (κ3) is 4.42. The summed E-state index contributed by atoms with van der Waals surface area (Å²) >= 11 is 0. The Morgan fingerprint density at radius 3 is 2.43 bits per heavy atom. The number of hydrogen-bond acceptors (Lipinski definition) is 7. The van der Waals surface area contributed by atoms with Crippen LogP contribution in [0.15, 0.2) is 5.29 Å². The van der Waals surface area contributed by atoms with Crippen molar-refractivity contribution >= 4 is 11.9 Å². The molecule has 0 aromatic carbocycles. The number of carbonyl (C=O) groups excluding carboxylic acids is 1. The van der Waals surface area contributed by atoms with Crippen LogP contribution in [0.25, 0.3) is 0 Å². The monoisotopic (exact) mass is 494 g/mol. The molecule has 11 atom stereocenters. The molecular formula is C26H42N2O7. The van der Waals surface area contributed by atoms with Gasteiger partial charge in [0.2, 0.25) is 5.91 Å². The number of nitrogens with zero attached hydrogens (tertiary/aromatic N) is 2. The molecule has 0 bridgehead atoms. The van der Waals surface area contributed by atoms with Crippen molar-refractivity contribution in [3.05, 3.63) is 4.91 Å². The highest BCUT2D eigenvalue weighted by Gasteiger charge is 2.65. The maximum absolute atomic E-state index is 12.3. The molecule has 4 rings (SSSR count). The molecule has 35 heavy (non-hydrogen) atoms. The van der Waals surface area contributed by atoms with Crippen molar-refractivity contribution in [2.75, 3.05) is 6.54 Å². The van der Waals surface area contributed by atoms with Crippen LogP contribution in [-0.2, 0) is 9.59 Å². The molecule has 0 spiro atoms. The largest absolute Gasteiger partial charge is 0.480 e. The van der Waals surface area contributed by atoms with Crippen LogP contribution in [0.5, 0.6) is 0 Å². The van der Waals surface area contributed by atoms with Gasteiger partial charge in [-0.2, -0.15) is 5.01 Å². The standard InChI is InChI=1S/C26H42N2O7/c1-14(4-7-22(32)28(27-35)13-23(33)34)17-5-6-18-24-19(12-21(31)26(17,18)3)25(2)9-8-16(29)10-15(25)11-20(24)30/h14-21,24,29-31H,4-13H2,1-3H3,(H,33,34)/t14?,15?,16-,17?,18?,19?,20?,21+,24?,25?,26?/m1/s1. The van der Waals surface area contributed by atoms with Crippen molar-refractivity contribution in [1.82, 2.24) is 5.01 Å². The lowest BCUT2D eigenvalue weighted by molar-refractivity contribution is -0.207. The zero-order valence-corrected chi connectivity index (χ0v) is 21.2. The number of hydrogen-bond donors (Lipinski definition) is 4. The highest BCUT2D eigenvalue weighted by molar-refractivity contribution is 5.80. The normalized spacial score (nSPS) is 45.5. The number of nitroso groups, excluding NO2 is 1. The molecule has 4 aliphatic rings. The van der Waals surface area contributed by atoms with E-state index in [2.05, 4.69) is 26.1 Å². The van der Waals surface area contributed by atoms with Crippen LogP contribution in [0.1, 0.15) is 78.6 Å². The zero-order chi connectivity index (χ0) is 25.7. The molecule has 4 fully saturated rings. The van der Waals surface area contributed by atoms with Gasteiger partial charge in [0.1, 0.15) is 6.54 Å². The second-order valence-corrected chi connectivity index (χ2v) is 12.5. The van der Waals surface area contributed by atoms with Gasteiger partial charge in [0, 0.05) is 6.42 Å². The van der Waals surface area contributed by atoms with Gasteiger partial charge in [0.05, 0.1) is 23.6 Å². The summed E-state index contributed by atoms with van der Waals surface area (Å²) in [6, 6.07) is 0. The smallest absolute Gasteiger partial charge is 0.325 e. The van der Waals surface area contributed by atoms with E-state index in [-0.39, 0.29) is 58.9 Å². The lowest BCUT2D eigenvalue weighted by atomic mass is 9.43. The fraction of sp³-hybridized carbons (Fsp3) is 0.923. The summed E-state index contributed by atoms with van der Waals surface area (Å²) in [6.45, 7) is 5.80. The van der Waals surface area contributed by atoms with E-state index < -0.39 is 30.6 Å². The number of aliphatic hydroxyl groups excluding tert-OH is 3. The van der Waals surface area contributed by atoms with E-state index in [1.807, 2.05) is 0 Å². The number of carbonyl (C=O) groups is 2. The SMILES string of the molecule is CC(CCC(=O)N(CC(=O)O)N=O)C1CCC2C3C(O)CC4C[C@H](O)CCC4(C)C3C[C@H](O)C12C. The van der Waals surface area contributed by atoms with E-state index in [4.69, 9.17) is 5.11 Å². The Morgan fingerprint density at radius 2 is 1.77 bits per heavy atom. The fourth-order valence-electron chi connectivity index (χ4n) is 9.10. The van der Waals surface area contributed by atoms with E-state index in [0.717, 1.165) is 32.1 Å². The third-order valence-electron chi connectivity index (χ3n) is 11.0. The molecule has 4 N–H and O–H groups in total. The average molecular weight is 495 g/mol. The molecular weight excluding hydrogens is 452 g/mol. The lowest BCUT2D eigenvalue weighted by Gasteiger charge is -2.63. The quantitative estimate of drug-likeness (QED) is 0.314. The van der Waals surface area contributed by atoms with Gasteiger partial charge in [0.25, 0.3) is 0 Å². The predicted octanol–water partition coefficient (Wildman–Crippen LogP) is 2.96. The van der Waals surface area contributed by atoms with Gasteiger partial charge in [0.15, 0.2) is 0 Å². The molecule has 0 aliphatic heterocycles. The Kier molecular flexibility index (Phi) is 7.34. The molecule has 4 saturated carbocycles. The fourth-order valence-corrected chi connectivity index (χ4v) is 9.10. The van der Waals surface area contributed by atoms with Gasteiger partial charge in [-0.15, -0.1) is 4.91 Å². The summed E-state index contributed by atoms with van der Waals surface area (Å²) in [7, 11) is 0. The van der Waals surface area contributed by atoms with Crippen LogP contribution in [0.4, 0.5) is 0 Å². The maximum Gasteiger partial charge on any atom is 0.325 e. The second kappa shape index (κ2) is 9.71. The highest BCUT2D eigenvalue weighted by atomic mass is 16.4. The average Bonchev–Trinajstić information content (AvgIpc) is 3.16. The van der Waals surface area contributed by atoms with Crippen LogP contribution in [0.3, 0.4) is 0 Å². The Hall–Kier alpha value is -1.58. The number of aliphatic carboxylic acids is 1. The van der Waals surface area contributed by atoms with E-state index in [1.54, 1.807) is 0 Å². The first-order chi connectivity index (χ1) is 16.4. The van der Waals surface area contributed by atoms with Crippen molar-refractivity contribution in [1.29, 1.82) is 0 Å². The van der Waals surface area contributed by atoms with Gasteiger partial charge >= 0.3 is 5.97 Å². The highest BCUT2D eigenvalue weighted by Crippen LogP contribution is 2.68. The molecule has 0 aromatic heterocycles. The summed E-state index contributed by atoms with van der Waals surface area (Å²) in [6.07, 6.45) is 4.94. The number of rotatable bonds is 7. The zero-order valence-electron chi connectivity index (χ0n) is 21.2. The predicted molar refractivity (Wildman–Crippen MR) is 128 cm³/mol. The maximum atomic E-state index is 12.3. The van der Waals surface area contributed by atoms with Crippen molar-refractivity contribution in [2.45, 2.75) is 96.9 Å². The van der Waals surface area contributed by atoms with E-state index >= 15 is 0 Å². The van der Waals surface area contributed by atoms with Crippen LogP contribution < -0.4 is 0 Å². The Bertz CT molecular complexity index is 839. The topological polar surface area (TPSA) is 148 Å². The summed E-state index contributed by atoms with van der Waals surface area (Å²) in [5.74, 6) is -0.794. The summed E-state index contributed by atoms with van der Waals surface area (Å²) in [5, 5.41) is 45.1. The van der Waals surface area contributed by atoms with Crippen molar-refractivity contribution in [3.63, 3.8) is 0 Å². The van der Waals surface area contributed by atoms with Crippen LogP contribution >= 0.6 is 0 Å². The second-order valence-electron chi connectivity index (χ2n) is 12.5. The first kappa shape index (κ1) is 26.5.